The van der Waals surface area contributed by atoms with E-state index in [1.807, 2.05) is 0 Å². The van der Waals surface area contributed by atoms with Gasteiger partial charge in [-0.25, -0.2) is 17.8 Å². The van der Waals surface area contributed by atoms with E-state index >= 15 is 0 Å². The molecule has 1 aromatic heterocycles. The predicted molar refractivity (Wildman–Crippen MR) is 144 cm³/mol. The van der Waals surface area contributed by atoms with Crippen LogP contribution in [0.15, 0.2) is 59.9 Å². The first kappa shape index (κ1) is 27.8. The fourth-order valence-corrected chi connectivity index (χ4v) is 6.80. The van der Waals surface area contributed by atoms with Gasteiger partial charge >= 0.3 is 0 Å². The molecule has 11 heteroatoms. The van der Waals surface area contributed by atoms with Gasteiger partial charge in [0.15, 0.2) is 0 Å². The third kappa shape index (κ3) is 6.69. The number of benzene rings is 2. The quantitative estimate of drug-likeness (QED) is 0.349. The average Bonchev–Trinajstić information content (AvgIpc) is 3.69. The van der Waals surface area contributed by atoms with Gasteiger partial charge < -0.3 is 18.9 Å². The molecule has 2 atom stereocenters. The molecule has 2 aliphatic rings. The molecule has 1 amide bonds. The van der Waals surface area contributed by atoms with Crippen molar-refractivity contribution in [3.63, 3.8) is 0 Å². The van der Waals surface area contributed by atoms with Gasteiger partial charge in [-0.15, -0.1) is 0 Å². The molecule has 39 heavy (non-hydrogen) atoms. The molecule has 2 fully saturated rings. The van der Waals surface area contributed by atoms with Gasteiger partial charge in [-0.05, 0) is 49.9 Å². The van der Waals surface area contributed by atoms with Crippen LogP contribution >= 0.6 is 11.6 Å². The van der Waals surface area contributed by atoms with Crippen LogP contribution in [-0.2, 0) is 38.2 Å². The van der Waals surface area contributed by atoms with Crippen molar-refractivity contribution in [1.82, 2.24) is 14.5 Å². The van der Waals surface area contributed by atoms with Gasteiger partial charge in [0.25, 0.3) is 5.91 Å². The minimum absolute atomic E-state index is 0.0712. The second-order valence-corrected chi connectivity index (χ2v) is 12.3. The number of carbonyl (C=O) groups excluding carboxylic acids is 1. The fourth-order valence-electron chi connectivity index (χ4n) is 5.09. The van der Waals surface area contributed by atoms with Crippen LogP contribution in [0.5, 0.6) is 0 Å². The number of rotatable bonds is 10. The standard InChI is InChI=1S/C28H31ClFN3O5S/c29-22-8-3-7-20(14-22)27(34)32(17-24-9-4-12-37-24)16-23-15-31-28(33(23)18-25-10-5-13-38-25)39(35,36)19-21-6-1-2-11-26(21)30/h1-3,6-8,11,14-15,24-25H,4-5,9-10,12-13,16-19H2. The molecule has 2 unspecified atom stereocenters. The Labute approximate surface area is 232 Å². The predicted octanol–water partition coefficient (Wildman–Crippen LogP) is 4.65. The van der Waals surface area contributed by atoms with E-state index in [4.69, 9.17) is 21.1 Å². The van der Waals surface area contributed by atoms with Gasteiger partial charge in [0.05, 0.1) is 42.9 Å². The summed E-state index contributed by atoms with van der Waals surface area (Å²) >= 11 is 6.16. The van der Waals surface area contributed by atoms with E-state index in [9.17, 15) is 17.6 Å². The Bertz CT molecular complexity index is 1420. The van der Waals surface area contributed by atoms with Crippen molar-refractivity contribution in [3.8, 4) is 0 Å². The Morgan fingerprint density at radius 3 is 2.51 bits per heavy atom. The monoisotopic (exact) mass is 575 g/mol. The lowest BCUT2D eigenvalue weighted by Gasteiger charge is -2.27. The molecule has 8 nitrogen and oxygen atoms in total. The highest BCUT2D eigenvalue weighted by Crippen LogP contribution is 2.25. The molecule has 0 spiro atoms. The first-order valence-corrected chi connectivity index (χ1v) is 15.1. The molecule has 2 saturated heterocycles. The van der Waals surface area contributed by atoms with Gasteiger partial charge in [0, 0.05) is 35.9 Å². The number of carbonyl (C=O) groups is 1. The summed E-state index contributed by atoms with van der Waals surface area (Å²) in [6, 6.07) is 12.5. The first-order valence-electron chi connectivity index (χ1n) is 13.1. The van der Waals surface area contributed by atoms with Gasteiger partial charge in [0.2, 0.25) is 15.0 Å². The van der Waals surface area contributed by atoms with E-state index in [1.165, 1.54) is 24.4 Å². The van der Waals surface area contributed by atoms with E-state index in [2.05, 4.69) is 4.98 Å². The van der Waals surface area contributed by atoms with Crippen LogP contribution in [-0.4, -0.2) is 60.7 Å². The molecule has 2 aromatic carbocycles. The maximum Gasteiger partial charge on any atom is 0.254 e. The Morgan fingerprint density at radius 1 is 1.08 bits per heavy atom. The van der Waals surface area contributed by atoms with Gasteiger partial charge in [0.1, 0.15) is 5.82 Å². The summed E-state index contributed by atoms with van der Waals surface area (Å²) in [4.78, 5) is 19.6. The molecule has 5 rings (SSSR count). The Morgan fingerprint density at radius 2 is 1.82 bits per heavy atom. The third-order valence-electron chi connectivity index (χ3n) is 7.05. The van der Waals surface area contributed by atoms with Crippen LogP contribution in [0.2, 0.25) is 5.02 Å². The average molecular weight is 576 g/mol. The molecule has 0 aliphatic carbocycles. The summed E-state index contributed by atoms with van der Waals surface area (Å²) in [6.45, 7) is 1.96. The highest BCUT2D eigenvalue weighted by molar-refractivity contribution is 7.90. The lowest BCUT2D eigenvalue weighted by molar-refractivity contribution is 0.0496. The Hall–Kier alpha value is -2.79. The maximum atomic E-state index is 14.3. The fraction of sp³-hybridized carbons (Fsp3) is 0.429. The van der Waals surface area contributed by atoms with E-state index in [-0.39, 0.29) is 41.9 Å². The largest absolute Gasteiger partial charge is 0.376 e. The van der Waals surface area contributed by atoms with Crippen LogP contribution in [0.1, 0.15) is 47.3 Å². The van der Waals surface area contributed by atoms with E-state index in [1.54, 1.807) is 39.8 Å². The second kappa shape index (κ2) is 12.2. The molecule has 0 saturated carbocycles. The summed E-state index contributed by atoms with van der Waals surface area (Å²) in [7, 11) is -4.01. The normalized spacial score (nSPS) is 19.4. The topological polar surface area (TPSA) is 90.7 Å². The van der Waals surface area contributed by atoms with Crippen LogP contribution in [0.3, 0.4) is 0 Å². The summed E-state index contributed by atoms with van der Waals surface area (Å²) in [6.07, 6.45) is 4.59. The minimum Gasteiger partial charge on any atom is -0.376 e. The van der Waals surface area contributed by atoms with Crippen LogP contribution in [0.25, 0.3) is 0 Å². The van der Waals surface area contributed by atoms with Crippen molar-refractivity contribution in [1.29, 1.82) is 0 Å². The van der Waals surface area contributed by atoms with Crippen molar-refractivity contribution in [2.75, 3.05) is 19.8 Å². The SMILES string of the molecule is O=C(c1cccc(Cl)c1)N(Cc1cnc(S(=O)(=O)Cc2ccccc2F)n1CC1CCCO1)CC1CCCO1. The highest BCUT2D eigenvalue weighted by atomic mass is 35.5. The lowest BCUT2D eigenvalue weighted by Crippen LogP contribution is -2.38. The number of hydrogen-bond donors (Lipinski definition) is 0. The maximum absolute atomic E-state index is 14.3. The molecule has 208 valence electrons. The molecule has 0 N–H and O–H groups in total. The first-order chi connectivity index (χ1) is 18.8. The molecule has 0 bridgehead atoms. The van der Waals surface area contributed by atoms with Crippen molar-refractivity contribution in [2.24, 2.45) is 0 Å². The second-order valence-electron chi connectivity index (χ2n) is 9.96. The van der Waals surface area contributed by atoms with Gasteiger partial charge in [-0.2, -0.15) is 0 Å². The zero-order chi connectivity index (χ0) is 27.4. The van der Waals surface area contributed by atoms with Crippen molar-refractivity contribution < 1.29 is 27.1 Å². The number of sulfone groups is 1. The van der Waals surface area contributed by atoms with Crippen LogP contribution in [0, 0.1) is 5.82 Å². The summed E-state index contributed by atoms with van der Waals surface area (Å²) in [5.41, 5.74) is 1.05. The molecule has 2 aliphatic heterocycles. The molecular weight excluding hydrogens is 545 g/mol. The van der Waals surface area contributed by atoms with E-state index < -0.39 is 21.4 Å². The number of aromatic nitrogens is 2. The minimum atomic E-state index is -4.01. The molecular formula is C28H31ClFN3O5S. The van der Waals surface area contributed by atoms with Gasteiger partial charge in [-0.1, -0.05) is 35.9 Å². The number of halogens is 2. The zero-order valence-electron chi connectivity index (χ0n) is 21.5. The number of hydrogen-bond acceptors (Lipinski definition) is 6. The summed E-state index contributed by atoms with van der Waals surface area (Å²) < 4.78 is 54.6. The van der Waals surface area contributed by atoms with E-state index in [0.717, 1.165) is 25.7 Å². The van der Waals surface area contributed by atoms with Crippen molar-refractivity contribution in [2.45, 2.75) is 61.9 Å². The Kier molecular flexibility index (Phi) is 8.66. The highest BCUT2D eigenvalue weighted by Gasteiger charge is 2.30. The van der Waals surface area contributed by atoms with Crippen LogP contribution < -0.4 is 0 Å². The molecule has 0 radical (unpaired) electrons. The number of imidazole rings is 1. The lowest BCUT2D eigenvalue weighted by atomic mass is 10.1. The summed E-state index contributed by atoms with van der Waals surface area (Å²) in [5, 5.41) is 0.284. The van der Waals surface area contributed by atoms with Crippen LogP contribution in [0.4, 0.5) is 4.39 Å². The number of amides is 1. The van der Waals surface area contributed by atoms with Crippen molar-refractivity contribution in [3.05, 3.63) is 82.4 Å². The zero-order valence-corrected chi connectivity index (χ0v) is 23.0. The Balaban J connectivity index is 1.48. The number of ether oxygens (including phenoxy) is 2. The molecule has 3 aromatic rings. The number of nitrogens with zero attached hydrogens (tertiary/aromatic N) is 3. The molecule has 3 heterocycles. The van der Waals surface area contributed by atoms with Gasteiger partial charge in [-0.3, -0.25) is 4.79 Å². The summed E-state index contributed by atoms with van der Waals surface area (Å²) in [5.74, 6) is -1.36. The smallest absolute Gasteiger partial charge is 0.254 e. The third-order valence-corrected chi connectivity index (χ3v) is 8.86. The van der Waals surface area contributed by atoms with E-state index in [0.29, 0.717) is 36.0 Å². The van der Waals surface area contributed by atoms with Crippen molar-refractivity contribution >= 4 is 27.3 Å².